The molecule has 0 unspecified atom stereocenters. The number of thiazole rings is 1. The quantitative estimate of drug-likeness (QED) is 0.884. The van der Waals surface area contributed by atoms with Crippen LogP contribution in [-0.4, -0.2) is 36.8 Å². The van der Waals surface area contributed by atoms with E-state index < -0.39 is 0 Å². The molecule has 23 heavy (non-hydrogen) atoms. The first-order valence-corrected chi connectivity index (χ1v) is 8.62. The summed E-state index contributed by atoms with van der Waals surface area (Å²) in [4.78, 5) is 16.2. The van der Waals surface area contributed by atoms with Crippen molar-refractivity contribution < 1.29 is 14.3 Å². The van der Waals surface area contributed by atoms with Gasteiger partial charge in [-0.25, -0.2) is 4.98 Å². The molecule has 1 aliphatic rings. The summed E-state index contributed by atoms with van der Waals surface area (Å²) >= 11 is 1.62. The van der Waals surface area contributed by atoms with Crippen LogP contribution < -0.4 is 10.1 Å². The van der Waals surface area contributed by atoms with E-state index in [2.05, 4.69) is 10.3 Å². The summed E-state index contributed by atoms with van der Waals surface area (Å²) in [6.07, 6.45) is 2.24. The van der Waals surface area contributed by atoms with Gasteiger partial charge in [-0.3, -0.25) is 4.79 Å². The van der Waals surface area contributed by atoms with E-state index in [0.29, 0.717) is 12.3 Å². The number of carbonyl (C=O) groups is 1. The number of benzene rings is 1. The fourth-order valence-electron chi connectivity index (χ4n) is 2.41. The number of carbonyl (C=O) groups excluding carboxylic acids is 1. The number of aromatic nitrogens is 1. The van der Waals surface area contributed by atoms with Crippen LogP contribution in [0.1, 0.15) is 18.5 Å². The monoisotopic (exact) mass is 332 g/mol. The Balaban J connectivity index is 1.45. The van der Waals surface area contributed by atoms with Crippen molar-refractivity contribution in [3.63, 3.8) is 0 Å². The van der Waals surface area contributed by atoms with Gasteiger partial charge in [0.05, 0.1) is 6.10 Å². The van der Waals surface area contributed by atoms with Crippen LogP contribution in [0, 0.1) is 6.92 Å². The van der Waals surface area contributed by atoms with Gasteiger partial charge in [-0.15, -0.1) is 11.3 Å². The normalized spacial score (nSPS) is 17.2. The predicted octanol–water partition coefficient (Wildman–Crippen LogP) is 2.79. The summed E-state index contributed by atoms with van der Waals surface area (Å²) in [5.41, 5.74) is 2.08. The molecule has 0 aliphatic carbocycles. The first-order valence-electron chi connectivity index (χ1n) is 7.74. The van der Waals surface area contributed by atoms with Crippen molar-refractivity contribution in [2.24, 2.45) is 0 Å². The number of hydrogen-bond donors (Lipinski definition) is 1. The molecule has 3 rings (SSSR count). The summed E-state index contributed by atoms with van der Waals surface area (Å²) < 4.78 is 11.0. The highest BCUT2D eigenvalue weighted by Crippen LogP contribution is 2.25. The average Bonchev–Trinajstić information content (AvgIpc) is 3.23. The van der Waals surface area contributed by atoms with Crippen molar-refractivity contribution in [1.82, 2.24) is 10.3 Å². The Morgan fingerprint density at radius 1 is 1.43 bits per heavy atom. The van der Waals surface area contributed by atoms with Crippen LogP contribution >= 0.6 is 11.3 Å². The molecule has 122 valence electrons. The second-order valence-electron chi connectivity index (χ2n) is 5.55. The van der Waals surface area contributed by atoms with Crippen molar-refractivity contribution in [2.45, 2.75) is 25.9 Å². The summed E-state index contributed by atoms with van der Waals surface area (Å²) in [6.45, 7) is 3.35. The smallest absolute Gasteiger partial charge is 0.258 e. The Labute approximate surface area is 139 Å². The molecule has 1 fully saturated rings. The van der Waals surface area contributed by atoms with Gasteiger partial charge in [0, 0.05) is 29.8 Å². The van der Waals surface area contributed by atoms with Crippen molar-refractivity contribution >= 4 is 17.2 Å². The summed E-state index contributed by atoms with van der Waals surface area (Å²) in [5, 5.41) is 5.85. The lowest BCUT2D eigenvalue weighted by atomic mass is 10.2. The van der Waals surface area contributed by atoms with Gasteiger partial charge in [0.2, 0.25) is 0 Å². The molecule has 2 heterocycles. The van der Waals surface area contributed by atoms with E-state index in [0.717, 1.165) is 35.7 Å². The molecule has 1 aromatic carbocycles. The summed E-state index contributed by atoms with van der Waals surface area (Å²) in [7, 11) is 0. The molecule has 1 aliphatic heterocycles. The van der Waals surface area contributed by atoms with E-state index >= 15 is 0 Å². The maximum absolute atomic E-state index is 11.8. The molecule has 1 saturated heterocycles. The Morgan fingerprint density at radius 2 is 2.26 bits per heavy atom. The van der Waals surface area contributed by atoms with E-state index in [1.165, 1.54) is 0 Å². The maximum atomic E-state index is 11.8. The highest BCUT2D eigenvalue weighted by Gasteiger charge is 2.16. The minimum absolute atomic E-state index is 0.0163. The molecular weight excluding hydrogens is 312 g/mol. The molecule has 5 nitrogen and oxygen atoms in total. The molecule has 6 heteroatoms. The lowest BCUT2D eigenvalue weighted by molar-refractivity contribution is -0.123. The summed E-state index contributed by atoms with van der Waals surface area (Å²) in [5.74, 6) is 0.550. The highest BCUT2D eigenvalue weighted by molar-refractivity contribution is 7.13. The van der Waals surface area contributed by atoms with Crippen LogP contribution in [0.15, 0.2) is 29.6 Å². The van der Waals surface area contributed by atoms with Gasteiger partial charge in [-0.2, -0.15) is 0 Å². The Bertz CT molecular complexity index is 648. The summed E-state index contributed by atoms with van der Waals surface area (Å²) in [6, 6.07) is 7.63. The van der Waals surface area contributed by atoms with E-state index in [9.17, 15) is 4.79 Å². The first kappa shape index (κ1) is 16.0. The predicted molar refractivity (Wildman–Crippen MR) is 89.8 cm³/mol. The van der Waals surface area contributed by atoms with Gasteiger partial charge in [0.15, 0.2) is 6.61 Å². The van der Waals surface area contributed by atoms with E-state index in [1.807, 2.05) is 36.6 Å². The van der Waals surface area contributed by atoms with Crippen molar-refractivity contribution in [3.8, 4) is 16.3 Å². The van der Waals surface area contributed by atoms with E-state index in [-0.39, 0.29) is 18.6 Å². The third kappa shape index (κ3) is 4.53. The number of rotatable bonds is 6. The number of nitrogens with zero attached hydrogens (tertiary/aromatic N) is 1. The molecule has 1 N–H and O–H groups in total. The van der Waals surface area contributed by atoms with Crippen molar-refractivity contribution in [2.75, 3.05) is 19.8 Å². The average molecular weight is 332 g/mol. The van der Waals surface area contributed by atoms with Crippen LogP contribution in [0.2, 0.25) is 0 Å². The third-order valence-electron chi connectivity index (χ3n) is 3.64. The van der Waals surface area contributed by atoms with Gasteiger partial charge < -0.3 is 14.8 Å². The molecule has 1 atom stereocenters. The lowest BCUT2D eigenvalue weighted by Crippen LogP contribution is -2.35. The van der Waals surface area contributed by atoms with Crippen LogP contribution in [0.25, 0.3) is 10.6 Å². The molecule has 1 aromatic heterocycles. The molecule has 0 radical (unpaired) electrons. The number of amides is 1. The van der Waals surface area contributed by atoms with Crippen LogP contribution in [0.3, 0.4) is 0 Å². The Morgan fingerprint density at radius 3 is 2.91 bits per heavy atom. The zero-order valence-electron chi connectivity index (χ0n) is 13.1. The topological polar surface area (TPSA) is 60.5 Å². The fourth-order valence-corrected chi connectivity index (χ4v) is 3.22. The zero-order valence-corrected chi connectivity index (χ0v) is 13.9. The van der Waals surface area contributed by atoms with Crippen molar-refractivity contribution in [3.05, 3.63) is 35.3 Å². The second-order valence-corrected chi connectivity index (χ2v) is 6.40. The number of nitrogens with one attached hydrogen (secondary N) is 1. The van der Waals surface area contributed by atoms with Gasteiger partial charge in [-0.1, -0.05) is 0 Å². The van der Waals surface area contributed by atoms with E-state index in [1.54, 1.807) is 11.3 Å². The fraction of sp³-hybridized carbons (Fsp3) is 0.412. The Hall–Kier alpha value is -1.92. The SMILES string of the molecule is Cc1csc(-c2ccc(OCC(=O)NC[C@@H]3CCCO3)cc2)n1. The first-order chi connectivity index (χ1) is 11.2. The number of aryl methyl sites for hydroxylation is 1. The maximum Gasteiger partial charge on any atom is 0.258 e. The zero-order chi connectivity index (χ0) is 16.1. The van der Waals surface area contributed by atoms with Crippen LogP contribution in [0.4, 0.5) is 0 Å². The molecular formula is C17H20N2O3S. The largest absolute Gasteiger partial charge is 0.484 e. The molecule has 0 saturated carbocycles. The third-order valence-corrected chi connectivity index (χ3v) is 4.65. The minimum Gasteiger partial charge on any atom is -0.484 e. The van der Waals surface area contributed by atoms with Gasteiger partial charge in [-0.05, 0) is 44.0 Å². The van der Waals surface area contributed by atoms with E-state index in [4.69, 9.17) is 9.47 Å². The van der Waals surface area contributed by atoms with Crippen LogP contribution in [-0.2, 0) is 9.53 Å². The second kappa shape index (κ2) is 7.57. The van der Waals surface area contributed by atoms with Gasteiger partial charge in [0.25, 0.3) is 5.91 Å². The number of ether oxygens (including phenoxy) is 2. The van der Waals surface area contributed by atoms with Crippen LogP contribution in [0.5, 0.6) is 5.75 Å². The molecule has 0 spiro atoms. The standard InChI is InChI=1S/C17H20N2O3S/c1-12-11-23-17(19-12)13-4-6-14(7-5-13)22-10-16(20)18-9-15-3-2-8-21-15/h4-7,11,15H,2-3,8-10H2,1H3,(H,18,20)/t15-/m0/s1. The molecule has 0 bridgehead atoms. The van der Waals surface area contributed by atoms with Gasteiger partial charge >= 0.3 is 0 Å². The van der Waals surface area contributed by atoms with Gasteiger partial charge in [0.1, 0.15) is 10.8 Å². The molecule has 1 amide bonds. The van der Waals surface area contributed by atoms with Crippen molar-refractivity contribution in [1.29, 1.82) is 0 Å². The minimum atomic E-state index is -0.125. The highest BCUT2D eigenvalue weighted by atomic mass is 32.1. The number of hydrogen-bond acceptors (Lipinski definition) is 5. The molecule has 2 aromatic rings. The Kier molecular flexibility index (Phi) is 5.25. The lowest BCUT2D eigenvalue weighted by Gasteiger charge is -2.11.